The van der Waals surface area contributed by atoms with Gasteiger partial charge in [0.2, 0.25) is 11.6 Å². The van der Waals surface area contributed by atoms with Crippen LogP contribution in [0.1, 0.15) is 11.6 Å². The molecule has 10 heteroatoms. The van der Waals surface area contributed by atoms with E-state index in [4.69, 9.17) is 0 Å². The molecule has 116 valence electrons. The molecule has 0 amide bonds. The monoisotopic (exact) mass is 313 g/mol. The Labute approximate surface area is 122 Å². The zero-order valence-corrected chi connectivity index (χ0v) is 11.2. The predicted molar refractivity (Wildman–Crippen MR) is 71.0 cm³/mol. The third kappa shape index (κ3) is 3.22. The van der Waals surface area contributed by atoms with Crippen molar-refractivity contribution in [2.24, 2.45) is 7.05 Å². The number of halogens is 3. The topological polar surface area (TPSA) is 85.9 Å². The van der Waals surface area contributed by atoms with E-state index < -0.39 is 28.4 Å². The number of para-hydroxylation sites is 1. The van der Waals surface area contributed by atoms with Crippen LogP contribution in [0.4, 0.5) is 18.9 Å². The molecular formula is C12H10F3N5O2. The van der Waals surface area contributed by atoms with Crippen LogP contribution in [0.25, 0.3) is 5.70 Å². The highest BCUT2D eigenvalue weighted by Gasteiger charge is 2.39. The largest absolute Gasteiger partial charge is 0.451 e. The molecule has 0 aliphatic heterocycles. The van der Waals surface area contributed by atoms with E-state index in [2.05, 4.69) is 15.5 Å². The first-order chi connectivity index (χ1) is 10.3. The lowest BCUT2D eigenvalue weighted by Gasteiger charge is -2.06. The SMILES string of the molecule is Cn1c(C(=CNc2ccccc2)[N+](=O)[O-])nnc1C(F)(F)F. The maximum absolute atomic E-state index is 12.6. The first kappa shape index (κ1) is 15.5. The van der Waals surface area contributed by atoms with Crippen LogP contribution in [0, 0.1) is 10.1 Å². The van der Waals surface area contributed by atoms with Crippen molar-refractivity contribution in [3.63, 3.8) is 0 Å². The molecule has 2 rings (SSSR count). The van der Waals surface area contributed by atoms with Gasteiger partial charge in [0.15, 0.2) is 0 Å². The highest BCUT2D eigenvalue weighted by Crippen LogP contribution is 2.28. The molecule has 0 spiro atoms. The Hall–Kier alpha value is -2.91. The zero-order valence-electron chi connectivity index (χ0n) is 11.2. The van der Waals surface area contributed by atoms with Gasteiger partial charge in [-0.2, -0.15) is 13.2 Å². The molecule has 0 aliphatic rings. The lowest BCUT2D eigenvalue weighted by molar-refractivity contribution is -0.376. The summed E-state index contributed by atoms with van der Waals surface area (Å²) in [4.78, 5) is 10.2. The summed E-state index contributed by atoms with van der Waals surface area (Å²) in [6, 6.07) is 8.44. The summed E-state index contributed by atoms with van der Waals surface area (Å²) in [6.07, 6.45) is -3.77. The molecule has 0 fully saturated rings. The van der Waals surface area contributed by atoms with Gasteiger partial charge in [-0.1, -0.05) is 18.2 Å². The summed E-state index contributed by atoms with van der Waals surface area (Å²) in [5.41, 5.74) is -0.0885. The minimum Gasteiger partial charge on any atom is -0.356 e. The number of alkyl halides is 3. The molecular weight excluding hydrogens is 303 g/mol. The molecule has 0 saturated heterocycles. The Kier molecular flexibility index (Phi) is 4.11. The number of hydrogen-bond acceptors (Lipinski definition) is 5. The molecule has 7 nitrogen and oxygen atoms in total. The molecule has 0 unspecified atom stereocenters. The fraction of sp³-hybridized carbons (Fsp3) is 0.167. The van der Waals surface area contributed by atoms with Gasteiger partial charge in [-0.05, 0) is 12.1 Å². The first-order valence-electron chi connectivity index (χ1n) is 5.94. The van der Waals surface area contributed by atoms with Crippen molar-refractivity contribution in [3.05, 3.63) is 58.3 Å². The van der Waals surface area contributed by atoms with Crippen LogP contribution in [-0.4, -0.2) is 19.7 Å². The molecule has 1 heterocycles. The van der Waals surface area contributed by atoms with E-state index in [1.54, 1.807) is 30.3 Å². The van der Waals surface area contributed by atoms with E-state index in [1.807, 2.05) is 0 Å². The van der Waals surface area contributed by atoms with Crippen LogP contribution in [0.15, 0.2) is 36.5 Å². The van der Waals surface area contributed by atoms with Crippen LogP contribution in [0.3, 0.4) is 0 Å². The van der Waals surface area contributed by atoms with Gasteiger partial charge in [0.25, 0.3) is 0 Å². The lowest BCUT2D eigenvalue weighted by atomic mass is 10.3. The summed E-state index contributed by atoms with van der Waals surface area (Å²) in [7, 11) is 1.01. The predicted octanol–water partition coefficient (Wildman–Crippen LogP) is 2.52. The Balaban J connectivity index is 2.37. The highest BCUT2D eigenvalue weighted by molar-refractivity contribution is 5.57. The van der Waals surface area contributed by atoms with Crippen molar-refractivity contribution in [1.82, 2.24) is 14.8 Å². The Bertz CT molecular complexity index is 709. The van der Waals surface area contributed by atoms with Crippen LogP contribution in [0.5, 0.6) is 0 Å². The summed E-state index contributed by atoms with van der Waals surface area (Å²) in [5, 5.41) is 19.9. The minimum atomic E-state index is -4.74. The van der Waals surface area contributed by atoms with Gasteiger partial charge in [0, 0.05) is 12.7 Å². The number of nitrogens with zero attached hydrogens (tertiary/aromatic N) is 4. The molecule has 1 aromatic carbocycles. The van der Waals surface area contributed by atoms with Crippen molar-refractivity contribution in [2.75, 3.05) is 5.32 Å². The van der Waals surface area contributed by atoms with Gasteiger partial charge >= 0.3 is 11.9 Å². The number of hydrogen-bond donors (Lipinski definition) is 1. The minimum absolute atomic E-state index is 0.499. The first-order valence-corrected chi connectivity index (χ1v) is 5.94. The van der Waals surface area contributed by atoms with Crippen molar-refractivity contribution in [1.29, 1.82) is 0 Å². The smallest absolute Gasteiger partial charge is 0.356 e. The molecule has 0 aliphatic carbocycles. The quantitative estimate of drug-likeness (QED) is 0.692. The van der Waals surface area contributed by atoms with Crippen LogP contribution < -0.4 is 5.32 Å². The molecule has 22 heavy (non-hydrogen) atoms. The van der Waals surface area contributed by atoms with Gasteiger partial charge < -0.3 is 9.88 Å². The van der Waals surface area contributed by atoms with Gasteiger partial charge in [-0.25, -0.2) is 0 Å². The molecule has 0 bridgehead atoms. The second-order valence-corrected chi connectivity index (χ2v) is 4.20. The third-order valence-electron chi connectivity index (χ3n) is 2.70. The molecule has 1 N–H and O–H groups in total. The summed E-state index contributed by atoms with van der Waals surface area (Å²) in [6.45, 7) is 0. The van der Waals surface area contributed by atoms with Gasteiger partial charge in [-0.15, -0.1) is 10.2 Å². The van der Waals surface area contributed by atoms with Crippen molar-refractivity contribution in [3.8, 4) is 0 Å². The maximum atomic E-state index is 12.6. The van der Waals surface area contributed by atoms with Crippen molar-refractivity contribution < 1.29 is 18.1 Å². The van der Waals surface area contributed by atoms with Gasteiger partial charge in [0.05, 0.1) is 11.1 Å². The number of rotatable bonds is 4. The number of aromatic nitrogens is 3. The normalized spacial score (nSPS) is 12.3. The number of anilines is 1. The molecule has 2 aromatic rings. The Morgan fingerprint density at radius 3 is 2.45 bits per heavy atom. The van der Waals surface area contributed by atoms with Crippen molar-refractivity contribution >= 4 is 11.4 Å². The van der Waals surface area contributed by atoms with E-state index in [0.717, 1.165) is 13.2 Å². The Morgan fingerprint density at radius 1 is 1.32 bits per heavy atom. The third-order valence-corrected chi connectivity index (χ3v) is 2.70. The van der Waals surface area contributed by atoms with E-state index in [0.29, 0.717) is 10.3 Å². The van der Waals surface area contributed by atoms with Gasteiger partial charge in [-0.3, -0.25) is 10.1 Å². The Morgan fingerprint density at radius 2 is 1.95 bits per heavy atom. The summed E-state index contributed by atoms with van der Waals surface area (Å²) >= 11 is 0. The maximum Gasteiger partial charge on any atom is 0.451 e. The molecule has 0 atom stereocenters. The second-order valence-electron chi connectivity index (χ2n) is 4.20. The number of nitrogens with one attached hydrogen (secondary N) is 1. The second kappa shape index (κ2) is 5.84. The zero-order chi connectivity index (χ0) is 16.3. The standard InChI is InChI=1S/C12H10F3N5O2/c1-19-10(17-18-11(19)12(13,14)15)9(20(21)22)7-16-8-5-3-2-4-6-8/h2-7,16H,1H3. The average Bonchev–Trinajstić information content (AvgIpc) is 2.82. The van der Waals surface area contributed by atoms with Crippen LogP contribution in [-0.2, 0) is 13.2 Å². The van der Waals surface area contributed by atoms with Crippen LogP contribution in [0.2, 0.25) is 0 Å². The number of benzene rings is 1. The van der Waals surface area contributed by atoms with E-state index in [-0.39, 0.29) is 0 Å². The van der Waals surface area contributed by atoms with Gasteiger partial charge in [0.1, 0.15) is 0 Å². The van der Waals surface area contributed by atoms with E-state index in [9.17, 15) is 23.3 Å². The summed E-state index contributed by atoms with van der Waals surface area (Å²) in [5.74, 6) is -1.81. The number of nitro groups is 1. The molecule has 0 radical (unpaired) electrons. The van der Waals surface area contributed by atoms with Crippen molar-refractivity contribution in [2.45, 2.75) is 6.18 Å². The highest BCUT2D eigenvalue weighted by atomic mass is 19.4. The van der Waals surface area contributed by atoms with Crippen LogP contribution >= 0.6 is 0 Å². The van der Waals surface area contributed by atoms with E-state index in [1.165, 1.54) is 0 Å². The fourth-order valence-electron chi connectivity index (χ4n) is 1.68. The summed E-state index contributed by atoms with van der Waals surface area (Å²) < 4.78 is 38.5. The molecule has 0 saturated carbocycles. The fourth-order valence-corrected chi connectivity index (χ4v) is 1.68. The van der Waals surface area contributed by atoms with E-state index >= 15 is 0 Å². The average molecular weight is 313 g/mol. The lowest BCUT2D eigenvalue weighted by Crippen LogP contribution is -2.15. The molecule has 1 aromatic heterocycles.